The molecule has 0 bridgehead atoms. The zero-order chi connectivity index (χ0) is 22.5. The van der Waals surface area contributed by atoms with Crippen LogP contribution >= 0.6 is 0 Å². The first-order valence-corrected chi connectivity index (χ1v) is 5.65. The molecule has 162 valence electrons. The van der Waals surface area contributed by atoms with Crippen LogP contribution in [-0.2, 0) is 0 Å². The summed E-state index contributed by atoms with van der Waals surface area (Å²) in [5.41, 5.74) is -8.99. The molecule has 0 aromatic carbocycles. The van der Waals surface area contributed by atoms with Gasteiger partial charge in [0, 0.05) is 0 Å². The maximum Gasteiger partial charge on any atom is 0.454 e. The van der Waals surface area contributed by atoms with Gasteiger partial charge in [-0.1, -0.05) is 0 Å². The molecule has 0 atom stereocenters. The fourth-order valence-electron chi connectivity index (χ4n) is 2.40. The van der Waals surface area contributed by atoms with Crippen molar-refractivity contribution in [3.63, 3.8) is 0 Å². The van der Waals surface area contributed by atoms with Gasteiger partial charge in [-0.05, 0) is 0 Å². The van der Waals surface area contributed by atoms with E-state index in [0.29, 0.717) is 0 Å². The molecule has 0 unspecified atom stereocenters. The van der Waals surface area contributed by atoms with Gasteiger partial charge in [-0.15, -0.1) is 0 Å². The largest absolute Gasteiger partial charge is 0.454 e. The van der Waals surface area contributed by atoms with Crippen molar-refractivity contribution in [2.45, 2.75) is 47.9 Å². The van der Waals surface area contributed by atoms with Crippen molar-refractivity contribution in [2.24, 2.45) is 5.41 Å². The van der Waals surface area contributed by atoms with E-state index in [9.17, 15) is 79.0 Å². The molecule has 1 rings (SSSR count). The molecule has 1 saturated carbocycles. The van der Waals surface area contributed by atoms with Crippen molar-refractivity contribution < 1.29 is 79.0 Å². The zero-order valence-corrected chi connectivity index (χ0v) is 11.3. The van der Waals surface area contributed by atoms with Gasteiger partial charge in [0.15, 0.2) is 0 Å². The Morgan fingerprint density at radius 1 is 0.370 bits per heavy atom. The van der Waals surface area contributed by atoms with Crippen molar-refractivity contribution in [3.8, 4) is 0 Å². The minimum Gasteiger partial charge on any atom is -0.198 e. The minimum atomic E-state index is -8.99. The molecule has 0 spiro atoms. The Hall–Kier alpha value is -1.26. The van der Waals surface area contributed by atoms with Crippen LogP contribution in [-0.4, -0.2) is 47.9 Å². The zero-order valence-electron chi connectivity index (χ0n) is 11.3. The minimum absolute atomic E-state index is 8.16. The second kappa shape index (κ2) is 5.01. The maximum atomic E-state index is 13.4. The molecule has 0 aromatic rings. The Morgan fingerprint density at radius 3 is 0.778 bits per heavy atom. The predicted molar refractivity (Wildman–Crippen MR) is 44.2 cm³/mol. The highest BCUT2D eigenvalue weighted by Crippen LogP contribution is 2.79. The third kappa shape index (κ3) is 2.01. The summed E-state index contributed by atoms with van der Waals surface area (Å²) in [6.07, 6.45) is -16.8. The van der Waals surface area contributed by atoms with E-state index in [4.69, 9.17) is 0 Å². The van der Waals surface area contributed by atoms with Gasteiger partial charge < -0.3 is 0 Å². The molecule has 0 N–H and O–H groups in total. The van der Waals surface area contributed by atoms with E-state index in [0.717, 1.165) is 0 Å². The van der Waals surface area contributed by atoms with Crippen molar-refractivity contribution in [1.29, 1.82) is 0 Å². The van der Waals surface area contributed by atoms with Crippen LogP contribution in [0.15, 0.2) is 0 Å². The van der Waals surface area contributed by atoms with Gasteiger partial charge in [0.05, 0.1) is 0 Å². The normalized spacial score (nSPS) is 28.7. The van der Waals surface area contributed by atoms with Crippen LogP contribution in [0, 0.1) is 5.41 Å². The molecule has 27 heavy (non-hydrogen) atoms. The third-order valence-electron chi connectivity index (χ3n) is 3.77. The van der Waals surface area contributed by atoms with Crippen LogP contribution in [0.25, 0.3) is 0 Å². The molecule has 0 aliphatic heterocycles. The molecule has 1 aliphatic rings. The highest BCUT2D eigenvalue weighted by molar-refractivity contribution is 5.31. The Bertz CT molecular complexity index is 571. The van der Waals surface area contributed by atoms with E-state index in [1.54, 1.807) is 0 Å². The van der Waals surface area contributed by atoms with E-state index in [1.165, 1.54) is 0 Å². The third-order valence-corrected chi connectivity index (χ3v) is 3.77. The average Bonchev–Trinajstić information content (AvgIpc) is 2.32. The van der Waals surface area contributed by atoms with Gasteiger partial charge in [0.25, 0.3) is 5.41 Å². The molecule has 0 radical (unpaired) electrons. The van der Waals surface area contributed by atoms with Crippen LogP contribution in [0.2, 0.25) is 0 Å². The first-order valence-electron chi connectivity index (χ1n) is 5.65. The van der Waals surface area contributed by atoms with Crippen LogP contribution in [0.5, 0.6) is 0 Å². The molecule has 1 aliphatic carbocycles. The topological polar surface area (TPSA) is 0 Å². The number of alkyl halides is 18. The Morgan fingerprint density at radius 2 is 0.593 bits per heavy atom. The Labute approximate surface area is 134 Å². The van der Waals surface area contributed by atoms with E-state index in [1.807, 2.05) is 0 Å². The molecular weight excluding hydrogens is 450 g/mol. The highest BCUT2D eigenvalue weighted by atomic mass is 19.4. The lowest BCUT2D eigenvalue weighted by atomic mass is 9.59. The van der Waals surface area contributed by atoms with Gasteiger partial charge in [-0.2, -0.15) is 79.0 Å². The summed E-state index contributed by atoms with van der Waals surface area (Å²) < 4.78 is 232. The smallest absolute Gasteiger partial charge is 0.198 e. The lowest BCUT2D eigenvalue weighted by Gasteiger charge is -2.57. The van der Waals surface area contributed by atoms with Gasteiger partial charge in [-0.25, -0.2) is 0 Å². The molecule has 0 nitrogen and oxygen atoms in total. The molecule has 0 aromatic heterocycles. The standard InChI is InChI=1S/C9F18/c10-2(11)1(8(22,23)24,4(14,15)9(25,26)27)3(12,13)6(18,19)7(20,21)5(2,16)17. The van der Waals surface area contributed by atoms with E-state index < -0.39 is 53.3 Å². The van der Waals surface area contributed by atoms with E-state index >= 15 is 0 Å². The summed E-state index contributed by atoms with van der Waals surface area (Å²) in [6.45, 7) is 0. The predicted octanol–water partition coefficient (Wildman–Crippen LogP) is 5.92. The molecule has 0 heterocycles. The first kappa shape index (κ1) is 23.8. The molecule has 0 saturated heterocycles. The summed E-state index contributed by atoms with van der Waals surface area (Å²) in [6, 6.07) is 0. The van der Waals surface area contributed by atoms with E-state index in [-0.39, 0.29) is 0 Å². The van der Waals surface area contributed by atoms with Gasteiger partial charge in [0.1, 0.15) is 0 Å². The molecule has 18 heteroatoms. The van der Waals surface area contributed by atoms with Gasteiger partial charge in [-0.3, -0.25) is 0 Å². The fourth-order valence-corrected chi connectivity index (χ4v) is 2.40. The van der Waals surface area contributed by atoms with Crippen molar-refractivity contribution in [1.82, 2.24) is 0 Å². The van der Waals surface area contributed by atoms with Gasteiger partial charge >= 0.3 is 47.9 Å². The molecule has 0 amide bonds. The summed E-state index contributed by atoms with van der Waals surface area (Å²) in [5.74, 6) is -51.3. The maximum absolute atomic E-state index is 13.4. The summed E-state index contributed by atoms with van der Waals surface area (Å²) in [4.78, 5) is 0. The van der Waals surface area contributed by atoms with Crippen molar-refractivity contribution in [2.75, 3.05) is 0 Å². The number of hydrogen-bond acceptors (Lipinski definition) is 0. The van der Waals surface area contributed by atoms with Gasteiger partial charge in [0.2, 0.25) is 0 Å². The monoisotopic (exact) mass is 450 g/mol. The first-order chi connectivity index (χ1) is 11.2. The summed E-state index contributed by atoms with van der Waals surface area (Å²) in [7, 11) is 0. The van der Waals surface area contributed by atoms with Crippen LogP contribution in [0.4, 0.5) is 79.0 Å². The SMILES string of the molecule is FC(F)(F)C(F)(F)C1(C(F)(F)F)C(F)(F)C(F)(F)C(F)(F)C(F)(F)C1(F)F. The van der Waals surface area contributed by atoms with Crippen LogP contribution in [0.1, 0.15) is 0 Å². The summed E-state index contributed by atoms with van der Waals surface area (Å²) in [5, 5.41) is 0. The number of rotatable bonds is 1. The quantitative estimate of drug-likeness (QED) is 0.435. The average molecular weight is 450 g/mol. The Kier molecular flexibility index (Phi) is 4.41. The van der Waals surface area contributed by atoms with Crippen LogP contribution in [0.3, 0.4) is 0 Å². The second-order valence-corrected chi connectivity index (χ2v) is 5.19. The second-order valence-electron chi connectivity index (χ2n) is 5.19. The fraction of sp³-hybridized carbons (Fsp3) is 1.00. The van der Waals surface area contributed by atoms with Crippen molar-refractivity contribution in [3.05, 3.63) is 0 Å². The van der Waals surface area contributed by atoms with E-state index in [2.05, 4.69) is 0 Å². The number of halogens is 18. The van der Waals surface area contributed by atoms with Crippen molar-refractivity contribution >= 4 is 0 Å². The lowest BCUT2D eigenvalue weighted by molar-refractivity contribution is -0.562. The highest BCUT2D eigenvalue weighted by Gasteiger charge is 3.10. The lowest BCUT2D eigenvalue weighted by Crippen LogP contribution is -2.89. The molecular formula is C9F18. The van der Waals surface area contributed by atoms with Crippen LogP contribution < -0.4 is 0 Å². The molecule has 1 fully saturated rings. The Balaban J connectivity index is 4.38. The number of hydrogen-bond donors (Lipinski definition) is 0. The summed E-state index contributed by atoms with van der Waals surface area (Å²) >= 11 is 0.